The molecule has 0 unspecified atom stereocenters. The molecule has 3 N–H and O–H groups in total. The Labute approximate surface area is 202 Å². The number of thiazole rings is 1. The fraction of sp³-hybridized carbons (Fsp3) is 0.542. The Morgan fingerprint density at radius 1 is 1.15 bits per heavy atom. The normalized spacial score (nSPS) is 20.8. The summed E-state index contributed by atoms with van der Waals surface area (Å²) < 4.78 is 5.39. The van der Waals surface area contributed by atoms with E-state index in [9.17, 15) is 9.59 Å². The molecule has 2 amide bonds. The Hall–Kier alpha value is -2.26. The molecule has 0 atom stereocenters. The van der Waals surface area contributed by atoms with Crippen LogP contribution in [0.5, 0.6) is 0 Å². The first-order valence-electron chi connectivity index (χ1n) is 11.4. The van der Waals surface area contributed by atoms with Gasteiger partial charge in [0.1, 0.15) is 5.60 Å². The number of nitrogens with zero attached hydrogens (tertiary/aromatic N) is 1. The van der Waals surface area contributed by atoms with E-state index < -0.39 is 17.8 Å². The van der Waals surface area contributed by atoms with Gasteiger partial charge >= 0.3 is 12.2 Å². The Bertz CT molecular complexity index is 1010. The van der Waals surface area contributed by atoms with Gasteiger partial charge in [0, 0.05) is 39.6 Å². The van der Waals surface area contributed by atoms with Gasteiger partial charge in [-0.3, -0.25) is 5.32 Å². The van der Waals surface area contributed by atoms with Crippen molar-refractivity contribution < 1.29 is 19.4 Å². The fourth-order valence-corrected chi connectivity index (χ4v) is 6.37. The second kappa shape index (κ2) is 9.93. The summed E-state index contributed by atoms with van der Waals surface area (Å²) in [6.07, 6.45) is 6.57. The zero-order valence-electron chi connectivity index (χ0n) is 19.2. The van der Waals surface area contributed by atoms with Crippen LogP contribution < -0.4 is 10.6 Å². The molecule has 1 heterocycles. The molecule has 2 aromatic rings. The standard InChI is InChI=1S/C24H31N3O4S2/c1-24(2,3)31-23(30)27-16-8-11-18(19(12-16)32-17-9-10-17)20-13-25-21(33-20)14-4-6-15(7-5-14)26-22(28)29/h8,11-15,17,26H,4-7,9-10H2,1-3H3,(H,27,30)(H,28,29). The van der Waals surface area contributed by atoms with E-state index in [1.54, 1.807) is 11.3 Å². The highest BCUT2D eigenvalue weighted by Crippen LogP contribution is 2.46. The SMILES string of the molecule is CC(C)(C)OC(=O)Nc1ccc(-c2cnc(C3CCC(NC(=O)O)CC3)s2)c(SC2CC2)c1. The minimum Gasteiger partial charge on any atom is -0.465 e. The number of anilines is 1. The molecule has 33 heavy (non-hydrogen) atoms. The maximum Gasteiger partial charge on any atom is 0.412 e. The first kappa shape index (κ1) is 23.9. The Morgan fingerprint density at radius 2 is 1.88 bits per heavy atom. The van der Waals surface area contributed by atoms with Crippen LogP contribution in [0.3, 0.4) is 0 Å². The van der Waals surface area contributed by atoms with Crippen LogP contribution in [0.15, 0.2) is 29.3 Å². The van der Waals surface area contributed by atoms with E-state index in [0.29, 0.717) is 11.2 Å². The first-order valence-corrected chi connectivity index (χ1v) is 13.1. The molecule has 4 rings (SSSR count). The summed E-state index contributed by atoms with van der Waals surface area (Å²) in [5.74, 6) is 0.378. The molecule has 1 aromatic carbocycles. The van der Waals surface area contributed by atoms with Crippen LogP contribution in [-0.2, 0) is 4.74 Å². The molecule has 0 radical (unpaired) electrons. The van der Waals surface area contributed by atoms with Gasteiger partial charge in [-0.2, -0.15) is 0 Å². The van der Waals surface area contributed by atoms with Gasteiger partial charge in [-0.05, 0) is 71.4 Å². The number of thioether (sulfide) groups is 1. The van der Waals surface area contributed by atoms with Crippen molar-refractivity contribution >= 4 is 41.0 Å². The van der Waals surface area contributed by atoms with E-state index in [4.69, 9.17) is 14.8 Å². The van der Waals surface area contributed by atoms with Gasteiger partial charge in [0.2, 0.25) is 0 Å². The number of hydrogen-bond donors (Lipinski definition) is 3. The van der Waals surface area contributed by atoms with Crippen molar-refractivity contribution in [2.75, 3.05) is 5.32 Å². The summed E-state index contributed by atoms with van der Waals surface area (Å²) in [4.78, 5) is 30.1. The number of carbonyl (C=O) groups excluding carboxylic acids is 1. The van der Waals surface area contributed by atoms with E-state index >= 15 is 0 Å². The van der Waals surface area contributed by atoms with Gasteiger partial charge in [-0.15, -0.1) is 23.1 Å². The highest BCUT2D eigenvalue weighted by atomic mass is 32.2. The largest absolute Gasteiger partial charge is 0.465 e. The Morgan fingerprint density at radius 3 is 2.52 bits per heavy atom. The van der Waals surface area contributed by atoms with Crippen LogP contribution in [0.4, 0.5) is 15.3 Å². The highest BCUT2D eigenvalue weighted by molar-refractivity contribution is 8.00. The number of nitrogens with one attached hydrogen (secondary N) is 2. The maximum atomic E-state index is 12.2. The summed E-state index contributed by atoms with van der Waals surface area (Å²) >= 11 is 3.58. The van der Waals surface area contributed by atoms with Crippen molar-refractivity contribution in [1.82, 2.24) is 10.3 Å². The van der Waals surface area contributed by atoms with E-state index in [1.807, 2.05) is 50.9 Å². The van der Waals surface area contributed by atoms with Gasteiger partial charge in [0.15, 0.2) is 0 Å². The van der Waals surface area contributed by atoms with Crippen LogP contribution in [0, 0.1) is 0 Å². The number of ether oxygens (including phenoxy) is 1. The first-order chi connectivity index (χ1) is 15.7. The van der Waals surface area contributed by atoms with Crippen LogP contribution in [0.25, 0.3) is 10.4 Å². The minimum atomic E-state index is -0.944. The Balaban J connectivity index is 1.47. The molecule has 0 bridgehead atoms. The lowest BCUT2D eigenvalue weighted by molar-refractivity contribution is 0.0636. The highest BCUT2D eigenvalue weighted by Gasteiger charge is 2.27. The maximum absolute atomic E-state index is 12.2. The molecule has 2 aliphatic carbocycles. The lowest BCUT2D eigenvalue weighted by Crippen LogP contribution is -2.36. The fourth-order valence-electron chi connectivity index (χ4n) is 3.95. The second-order valence-corrected chi connectivity index (χ2v) is 12.1. The molecule has 2 aliphatic rings. The lowest BCUT2D eigenvalue weighted by Gasteiger charge is -2.27. The van der Waals surface area contributed by atoms with Gasteiger partial charge in [0.25, 0.3) is 0 Å². The van der Waals surface area contributed by atoms with E-state index in [0.717, 1.165) is 51.7 Å². The predicted octanol–water partition coefficient (Wildman–Crippen LogP) is 6.71. The molecule has 0 saturated heterocycles. The topological polar surface area (TPSA) is 101 Å². The lowest BCUT2D eigenvalue weighted by atomic mass is 9.86. The number of hydrogen-bond acceptors (Lipinski definition) is 6. The molecular weight excluding hydrogens is 458 g/mol. The average Bonchev–Trinajstić information content (AvgIpc) is 3.39. The smallest absolute Gasteiger partial charge is 0.412 e. The molecule has 7 nitrogen and oxygen atoms in total. The van der Waals surface area contributed by atoms with E-state index in [1.165, 1.54) is 12.8 Å². The second-order valence-electron chi connectivity index (χ2n) is 9.72. The molecule has 1 aromatic heterocycles. The molecule has 2 saturated carbocycles. The monoisotopic (exact) mass is 489 g/mol. The zero-order valence-corrected chi connectivity index (χ0v) is 20.9. The number of amides is 2. The van der Waals surface area contributed by atoms with Crippen LogP contribution in [0.1, 0.15) is 70.2 Å². The number of carbonyl (C=O) groups is 2. The summed E-state index contributed by atoms with van der Waals surface area (Å²) in [7, 11) is 0. The summed E-state index contributed by atoms with van der Waals surface area (Å²) in [5, 5.41) is 16.1. The molecule has 0 spiro atoms. The molecule has 2 fully saturated rings. The number of benzene rings is 1. The van der Waals surface area contributed by atoms with Crippen molar-refractivity contribution in [1.29, 1.82) is 0 Å². The Kier molecular flexibility index (Phi) is 7.19. The van der Waals surface area contributed by atoms with Crippen molar-refractivity contribution in [2.45, 2.75) is 87.0 Å². The van der Waals surface area contributed by atoms with Crippen LogP contribution >= 0.6 is 23.1 Å². The predicted molar refractivity (Wildman–Crippen MR) is 132 cm³/mol. The van der Waals surface area contributed by atoms with Crippen molar-refractivity contribution in [3.8, 4) is 10.4 Å². The van der Waals surface area contributed by atoms with Crippen molar-refractivity contribution in [2.24, 2.45) is 0 Å². The van der Waals surface area contributed by atoms with Gasteiger partial charge in [0.05, 0.1) is 9.88 Å². The van der Waals surface area contributed by atoms with Gasteiger partial charge in [-0.1, -0.05) is 6.07 Å². The molecule has 178 valence electrons. The third-order valence-electron chi connectivity index (χ3n) is 5.64. The quantitative estimate of drug-likeness (QED) is 0.417. The number of rotatable bonds is 6. The summed E-state index contributed by atoms with van der Waals surface area (Å²) in [6.45, 7) is 5.54. The zero-order chi connectivity index (χ0) is 23.6. The van der Waals surface area contributed by atoms with Crippen molar-refractivity contribution in [3.05, 3.63) is 29.4 Å². The molecule has 0 aliphatic heterocycles. The number of carboxylic acid groups (broad SMARTS) is 1. The molecule has 9 heteroatoms. The summed E-state index contributed by atoms with van der Waals surface area (Å²) in [5.41, 5.74) is 1.33. The van der Waals surface area contributed by atoms with E-state index in [2.05, 4.69) is 16.7 Å². The average molecular weight is 490 g/mol. The summed E-state index contributed by atoms with van der Waals surface area (Å²) in [6, 6.07) is 6.05. The number of aromatic nitrogens is 1. The van der Waals surface area contributed by atoms with Gasteiger partial charge in [-0.25, -0.2) is 14.6 Å². The third-order valence-corrected chi connectivity index (χ3v) is 8.23. The minimum absolute atomic E-state index is 0.0461. The van der Waals surface area contributed by atoms with Crippen LogP contribution in [0.2, 0.25) is 0 Å². The van der Waals surface area contributed by atoms with Crippen molar-refractivity contribution in [3.63, 3.8) is 0 Å². The molecular formula is C24H31N3O4S2. The van der Waals surface area contributed by atoms with Crippen LogP contribution in [-0.4, -0.2) is 39.2 Å². The third kappa shape index (κ3) is 6.86. The van der Waals surface area contributed by atoms with E-state index in [-0.39, 0.29) is 6.04 Å². The van der Waals surface area contributed by atoms with Gasteiger partial charge < -0.3 is 15.2 Å².